The van der Waals surface area contributed by atoms with E-state index in [0.29, 0.717) is 29.9 Å². The quantitative estimate of drug-likeness (QED) is 0.569. The maximum Gasteiger partial charge on any atom is 0.336 e. The molecule has 0 unspecified atom stereocenters. The van der Waals surface area contributed by atoms with E-state index >= 15 is 0 Å². The first-order valence-electron chi connectivity index (χ1n) is 8.68. The van der Waals surface area contributed by atoms with Crippen LogP contribution in [0.2, 0.25) is 0 Å². The number of nitriles is 1. The highest BCUT2D eigenvalue weighted by Crippen LogP contribution is 2.34. The number of hydrogen-bond donors (Lipinski definition) is 1. The largest absolute Gasteiger partial charge is 0.478 e. The van der Waals surface area contributed by atoms with Crippen molar-refractivity contribution in [1.29, 1.82) is 5.26 Å². The van der Waals surface area contributed by atoms with Crippen LogP contribution < -0.4 is 0 Å². The van der Waals surface area contributed by atoms with Gasteiger partial charge in [-0.1, -0.05) is 18.2 Å². The maximum atomic E-state index is 11.8. The van der Waals surface area contributed by atoms with Crippen LogP contribution in [0, 0.1) is 23.7 Å². The predicted octanol–water partition coefficient (Wildman–Crippen LogP) is 4.82. The topological polar surface area (TPSA) is 87.4 Å². The Balaban J connectivity index is 2.17. The number of nitrogens with zero attached hydrogens (tertiary/aromatic N) is 1. The highest BCUT2D eigenvalue weighted by atomic mass is 32.1. The number of carboxylic acids is 1. The first kappa shape index (κ1) is 20.7. The normalized spacial score (nSPS) is 11.1. The second-order valence-corrected chi connectivity index (χ2v) is 8.58. The van der Waals surface area contributed by atoms with Crippen molar-refractivity contribution in [2.75, 3.05) is 6.61 Å². The summed E-state index contributed by atoms with van der Waals surface area (Å²) in [4.78, 5) is 24.6. The Morgan fingerprint density at radius 1 is 1.30 bits per heavy atom. The molecule has 0 bridgehead atoms. The average molecular weight is 385 g/mol. The van der Waals surface area contributed by atoms with Crippen molar-refractivity contribution in [1.82, 2.24) is 0 Å². The van der Waals surface area contributed by atoms with E-state index in [0.717, 1.165) is 16.0 Å². The van der Waals surface area contributed by atoms with E-state index < -0.39 is 11.4 Å². The van der Waals surface area contributed by atoms with Crippen LogP contribution >= 0.6 is 11.3 Å². The van der Waals surface area contributed by atoms with Crippen LogP contribution in [0.1, 0.15) is 53.6 Å². The van der Waals surface area contributed by atoms with E-state index in [1.54, 1.807) is 33.8 Å². The molecule has 0 saturated carbocycles. The van der Waals surface area contributed by atoms with E-state index in [9.17, 15) is 20.0 Å². The van der Waals surface area contributed by atoms with E-state index in [2.05, 4.69) is 6.07 Å². The number of carbonyl (C=O) groups is 2. The predicted molar refractivity (Wildman–Crippen MR) is 105 cm³/mol. The molecule has 0 spiro atoms. The van der Waals surface area contributed by atoms with E-state index in [1.165, 1.54) is 11.3 Å². The lowest BCUT2D eigenvalue weighted by atomic mass is 9.97. The molecule has 1 aromatic heterocycles. The van der Waals surface area contributed by atoms with Gasteiger partial charge in [-0.15, -0.1) is 11.3 Å². The molecule has 0 aliphatic carbocycles. The molecule has 1 heterocycles. The molecule has 2 rings (SSSR count). The van der Waals surface area contributed by atoms with Crippen molar-refractivity contribution in [3.05, 3.63) is 45.8 Å². The number of rotatable bonds is 6. The van der Waals surface area contributed by atoms with E-state index in [-0.39, 0.29) is 11.5 Å². The van der Waals surface area contributed by atoms with Gasteiger partial charge in [0.25, 0.3) is 0 Å². The Morgan fingerprint density at radius 3 is 2.56 bits per heavy atom. The average Bonchev–Trinajstić information content (AvgIpc) is 2.99. The van der Waals surface area contributed by atoms with Crippen LogP contribution in [-0.2, 0) is 16.0 Å². The summed E-state index contributed by atoms with van der Waals surface area (Å²) in [6, 6.07) is 9.44. The standard InChI is InChI=1S/C21H23NO4S/c1-13-16(19(23)24)11-18(27-13)15-9-5-7-14(17(15)12-22)8-6-10-26-20(25)21(2,3)4/h5,7,9,11H,6,8,10H2,1-4H3,(H,23,24). The summed E-state index contributed by atoms with van der Waals surface area (Å²) < 4.78 is 5.28. The zero-order valence-electron chi connectivity index (χ0n) is 16.0. The summed E-state index contributed by atoms with van der Waals surface area (Å²) in [5.41, 5.74) is 1.87. The molecule has 1 aromatic carbocycles. The minimum atomic E-state index is -0.967. The third kappa shape index (κ3) is 4.95. The molecule has 142 valence electrons. The minimum Gasteiger partial charge on any atom is -0.478 e. The third-order valence-corrected chi connectivity index (χ3v) is 5.20. The Hall–Kier alpha value is -2.65. The SMILES string of the molecule is Cc1sc(-c2cccc(CCCOC(=O)C(C)(C)C)c2C#N)cc1C(=O)O. The highest BCUT2D eigenvalue weighted by molar-refractivity contribution is 7.15. The maximum absolute atomic E-state index is 11.8. The van der Waals surface area contributed by atoms with Crippen LogP contribution in [0.25, 0.3) is 10.4 Å². The van der Waals surface area contributed by atoms with Gasteiger partial charge >= 0.3 is 11.9 Å². The fourth-order valence-electron chi connectivity index (χ4n) is 2.62. The van der Waals surface area contributed by atoms with Crippen LogP contribution in [-0.4, -0.2) is 23.7 Å². The number of esters is 1. The Labute approximate surface area is 163 Å². The number of carboxylic acid groups (broad SMARTS) is 1. The number of aromatic carboxylic acids is 1. The Kier molecular flexibility index (Phi) is 6.40. The molecule has 0 fully saturated rings. The van der Waals surface area contributed by atoms with Crippen molar-refractivity contribution in [2.24, 2.45) is 5.41 Å². The Morgan fingerprint density at radius 2 is 2.00 bits per heavy atom. The van der Waals surface area contributed by atoms with Crippen LogP contribution in [0.3, 0.4) is 0 Å². The van der Waals surface area contributed by atoms with Crippen molar-refractivity contribution in [3.8, 4) is 16.5 Å². The van der Waals surface area contributed by atoms with Crippen molar-refractivity contribution < 1.29 is 19.4 Å². The van der Waals surface area contributed by atoms with Crippen LogP contribution in [0.5, 0.6) is 0 Å². The van der Waals surface area contributed by atoms with Gasteiger partial charge in [-0.3, -0.25) is 4.79 Å². The number of hydrogen-bond acceptors (Lipinski definition) is 5. The number of carbonyl (C=O) groups excluding carboxylic acids is 1. The smallest absolute Gasteiger partial charge is 0.336 e. The number of aryl methyl sites for hydroxylation is 2. The fraction of sp³-hybridized carbons (Fsp3) is 0.381. The summed E-state index contributed by atoms with van der Waals surface area (Å²) in [6.07, 6.45) is 1.22. The summed E-state index contributed by atoms with van der Waals surface area (Å²) in [6.45, 7) is 7.48. The van der Waals surface area contributed by atoms with Gasteiger partial charge in [0.1, 0.15) is 6.07 Å². The van der Waals surface area contributed by atoms with E-state index in [1.807, 2.05) is 18.2 Å². The van der Waals surface area contributed by atoms with Gasteiger partial charge in [0, 0.05) is 15.3 Å². The van der Waals surface area contributed by atoms with Gasteiger partial charge in [-0.25, -0.2) is 4.79 Å². The molecule has 0 radical (unpaired) electrons. The first-order chi connectivity index (χ1) is 12.6. The fourth-order valence-corrected chi connectivity index (χ4v) is 3.66. The molecule has 0 atom stereocenters. The highest BCUT2D eigenvalue weighted by Gasteiger charge is 2.22. The monoisotopic (exact) mass is 385 g/mol. The minimum absolute atomic E-state index is 0.244. The molecule has 0 saturated heterocycles. The first-order valence-corrected chi connectivity index (χ1v) is 9.50. The lowest BCUT2D eigenvalue weighted by Crippen LogP contribution is -2.23. The molecule has 5 nitrogen and oxygen atoms in total. The number of ether oxygens (including phenoxy) is 1. The molecule has 0 aliphatic rings. The van der Waals surface area contributed by atoms with Gasteiger partial charge in [0.05, 0.1) is 23.1 Å². The summed E-state index contributed by atoms with van der Waals surface area (Å²) in [5.74, 6) is -1.21. The van der Waals surface area contributed by atoms with Crippen molar-refractivity contribution in [2.45, 2.75) is 40.5 Å². The zero-order chi connectivity index (χ0) is 20.2. The molecule has 0 aliphatic heterocycles. The van der Waals surface area contributed by atoms with Crippen LogP contribution in [0.15, 0.2) is 24.3 Å². The van der Waals surface area contributed by atoms with E-state index in [4.69, 9.17) is 4.74 Å². The van der Waals surface area contributed by atoms with Crippen molar-refractivity contribution >= 4 is 23.3 Å². The molecule has 27 heavy (non-hydrogen) atoms. The molecular formula is C21H23NO4S. The van der Waals surface area contributed by atoms with Gasteiger partial charge in [-0.2, -0.15) is 5.26 Å². The summed E-state index contributed by atoms with van der Waals surface area (Å²) >= 11 is 1.37. The second-order valence-electron chi connectivity index (χ2n) is 7.33. The molecule has 0 amide bonds. The lowest BCUT2D eigenvalue weighted by Gasteiger charge is -2.16. The molecule has 2 aromatic rings. The number of thiophene rings is 1. The van der Waals surface area contributed by atoms with Crippen LogP contribution in [0.4, 0.5) is 0 Å². The Bertz CT molecular complexity index is 900. The lowest BCUT2D eigenvalue weighted by molar-refractivity contribution is -0.153. The second kappa shape index (κ2) is 8.36. The zero-order valence-corrected chi connectivity index (χ0v) is 16.8. The van der Waals surface area contributed by atoms with Gasteiger partial charge < -0.3 is 9.84 Å². The van der Waals surface area contributed by atoms with Gasteiger partial charge in [0.2, 0.25) is 0 Å². The molecule has 6 heteroatoms. The van der Waals surface area contributed by atoms with Crippen molar-refractivity contribution in [3.63, 3.8) is 0 Å². The van der Waals surface area contributed by atoms with Gasteiger partial charge in [-0.05, 0) is 52.2 Å². The molecule has 1 N–H and O–H groups in total. The molecular weight excluding hydrogens is 362 g/mol. The summed E-state index contributed by atoms with van der Waals surface area (Å²) in [7, 11) is 0. The summed E-state index contributed by atoms with van der Waals surface area (Å²) in [5, 5.41) is 18.9. The third-order valence-electron chi connectivity index (χ3n) is 4.11. The number of benzene rings is 1. The van der Waals surface area contributed by atoms with Gasteiger partial charge in [0.15, 0.2) is 0 Å².